The second-order valence-electron chi connectivity index (χ2n) is 10.4. The van der Waals surface area contributed by atoms with Gasteiger partial charge in [0.15, 0.2) is 0 Å². The Hall–Kier alpha value is -3.87. The highest BCUT2D eigenvalue weighted by molar-refractivity contribution is 5.99. The Morgan fingerprint density at radius 1 is 1.11 bits per heavy atom. The highest BCUT2D eigenvalue weighted by Crippen LogP contribution is 2.47. The molecule has 0 radical (unpaired) electrons. The van der Waals surface area contributed by atoms with Crippen LogP contribution in [-0.4, -0.2) is 57.7 Å². The quantitative estimate of drug-likeness (QED) is 0.500. The second-order valence-corrected chi connectivity index (χ2v) is 10.4. The van der Waals surface area contributed by atoms with Crippen LogP contribution in [0.1, 0.15) is 49.3 Å². The molecule has 3 heterocycles. The molecule has 38 heavy (non-hydrogen) atoms. The zero-order valence-electron chi connectivity index (χ0n) is 20.6. The molecule has 1 unspecified atom stereocenters. The Bertz CT molecular complexity index is 1460. The first kappa shape index (κ1) is 24.5. The summed E-state index contributed by atoms with van der Waals surface area (Å²) < 4.78 is 38.8. The number of aromatic nitrogens is 2. The third-order valence-electron chi connectivity index (χ3n) is 7.75. The van der Waals surface area contributed by atoms with Gasteiger partial charge in [0.05, 0.1) is 17.3 Å². The van der Waals surface area contributed by atoms with E-state index >= 15 is 0 Å². The smallest absolute Gasteiger partial charge is 0.397 e. The Balaban J connectivity index is 1.38. The number of halogens is 3. The highest BCUT2D eigenvalue weighted by atomic mass is 19.4. The van der Waals surface area contributed by atoms with E-state index in [1.54, 1.807) is 12.3 Å². The predicted molar refractivity (Wildman–Crippen MR) is 134 cm³/mol. The summed E-state index contributed by atoms with van der Waals surface area (Å²) in [5, 5.41) is 21.8. The van der Waals surface area contributed by atoms with Crippen LogP contribution in [0, 0.1) is 17.2 Å². The van der Waals surface area contributed by atoms with Crippen LogP contribution in [0.3, 0.4) is 0 Å². The van der Waals surface area contributed by atoms with Gasteiger partial charge in [-0.3, -0.25) is 4.79 Å². The number of hydrogen-bond donors (Lipinski definition) is 1. The van der Waals surface area contributed by atoms with Gasteiger partial charge in [-0.1, -0.05) is 12.1 Å². The van der Waals surface area contributed by atoms with E-state index in [4.69, 9.17) is 4.98 Å². The molecule has 1 aliphatic heterocycles. The normalized spacial score (nSPS) is 20.0. The standard InChI is InChI=1S/C28H26F3N5O2/c29-28(30,31)13-24(37)36-11-10-35(15-23(36)16-4-5-16)26-18(14-32)12-22(25(34-26)17-6-7-17)19-2-1-3-21-20(19)8-9-33-27(21)38/h1-3,8-9,12,16-17,23H,4-7,10-11,13,15H2,(H,33,38). The lowest BCUT2D eigenvalue weighted by Gasteiger charge is -2.42. The van der Waals surface area contributed by atoms with Crippen molar-refractivity contribution in [2.45, 2.75) is 50.2 Å². The summed E-state index contributed by atoms with van der Waals surface area (Å²) in [6.07, 6.45) is -0.733. The molecule has 3 fully saturated rings. The molecular formula is C28H26F3N5O2. The topological polar surface area (TPSA) is 93.3 Å². The van der Waals surface area contributed by atoms with Crippen molar-refractivity contribution in [1.29, 1.82) is 5.26 Å². The van der Waals surface area contributed by atoms with Crippen LogP contribution in [0.25, 0.3) is 21.9 Å². The van der Waals surface area contributed by atoms with Crippen molar-refractivity contribution in [1.82, 2.24) is 14.9 Å². The van der Waals surface area contributed by atoms with Crippen molar-refractivity contribution in [3.05, 3.63) is 47.8 Å². The number of benzene rings is 1. The van der Waals surface area contributed by atoms with Crippen LogP contribution >= 0.6 is 0 Å². The summed E-state index contributed by atoms with van der Waals surface area (Å²) in [4.78, 5) is 24.9. The number of piperazine rings is 1. The van der Waals surface area contributed by atoms with Gasteiger partial charge in [-0.05, 0) is 60.7 Å². The van der Waals surface area contributed by atoms with E-state index in [1.165, 1.54) is 4.90 Å². The number of nitrogens with zero attached hydrogens (tertiary/aromatic N) is 5. The Morgan fingerprint density at radius 2 is 1.89 bits per heavy atom. The zero-order chi connectivity index (χ0) is 26.6. The number of pyridine rings is 2. The molecule has 1 aromatic carbocycles. The van der Waals surface area contributed by atoms with Crippen LogP contribution < -0.4 is 4.90 Å². The molecule has 1 amide bonds. The van der Waals surface area contributed by atoms with Crippen LogP contribution in [0.2, 0.25) is 0 Å². The van der Waals surface area contributed by atoms with Gasteiger partial charge in [-0.25, -0.2) is 9.97 Å². The van der Waals surface area contributed by atoms with E-state index in [0.717, 1.165) is 47.9 Å². The maximum absolute atomic E-state index is 12.9. The van der Waals surface area contributed by atoms with Gasteiger partial charge >= 0.3 is 6.18 Å². The average Bonchev–Trinajstić information content (AvgIpc) is 3.80. The van der Waals surface area contributed by atoms with E-state index < -0.39 is 18.5 Å². The van der Waals surface area contributed by atoms with Crippen molar-refractivity contribution < 1.29 is 23.1 Å². The van der Waals surface area contributed by atoms with E-state index in [2.05, 4.69) is 11.1 Å². The summed E-state index contributed by atoms with van der Waals surface area (Å²) in [5.41, 5.74) is 2.95. The van der Waals surface area contributed by atoms with Crippen LogP contribution in [0.4, 0.5) is 19.0 Å². The maximum atomic E-state index is 12.9. The molecule has 2 aliphatic carbocycles. The fraction of sp³-hybridized carbons (Fsp3) is 0.429. The van der Waals surface area contributed by atoms with E-state index in [9.17, 15) is 28.3 Å². The van der Waals surface area contributed by atoms with Crippen LogP contribution in [0.5, 0.6) is 5.88 Å². The fourth-order valence-corrected chi connectivity index (χ4v) is 5.62. The number of alkyl halides is 3. The van der Waals surface area contributed by atoms with Crippen LogP contribution in [-0.2, 0) is 4.79 Å². The van der Waals surface area contributed by atoms with E-state index in [1.807, 2.05) is 29.2 Å². The van der Waals surface area contributed by atoms with Gasteiger partial charge in [0.1, 0.15) is 18.3 Å². The number of aromatic hydroxyl groups is 1. The average molecular weight is 522 g/mol. The summed E-state index contributed by atoms with van der Waals surface area (Å²) in [7, 11) is 0. The number of carbonyl (C=O) groups excluding carboxylic acids is 1. The van der Waals surface area contributed by atoms with Crippen molar-refractivity contribution in [3.63, 3.8) is 0 Å². The Morgan fingerprint density at radius 3 is 2.58 bits per heavy atom. The van der Waals surface area contributed by atoms with Gasteiger partial charge in [0.2, 0.25) is 11.8 Å². The first-order chi connectivity index (χ1) is 18.2. The first-order valence-corrected chi connectivity index (χ1v) is 12.9. The molecule has 10 heteroatoms. The predicted octanol–water partition coefficient (Wildman–Crippen LogP) is 5.13. The Kier molecular flexibility index (Phi) is 5.89. The first-order valence-electron chi connectivity index (χ1n) is 12.9. The molecule has 0 spiro atoms. The molecule has 7 nitrogen and oxygen atoms in total. The summed E-state index contributed by atoms with van der Waals surface area (Å²) in [6, 6.07) is 11.2. The molecule has 1 atom stereocenters. The highest BCUT2D eigenvalue weighted by Gasteiger charge is 2.44. The van der Waals surface area contributed by atoms with Gasteiger partial charge in [0, 0.05) is 42.7 Å². The second kappa shape index (κ2) is 9.15. The maximum Gasteiger partial charge on any atom is 0.397 e. The van der Waals surface area contributed by atoms with Gasteiger partial charge in [-0.2, -0.15) is 18.4 Å². The molecule has 196 valence electrons. The van der Waals surface area contributed by atoms with Crippen molar-refractivity contribution in [3.8, 4) is 23.1 Å². The van der Waals surface area contributed by atoms with Crippen molar-refractivity contribution in [2.75, 3.05) is 24.5 Å². The summed E-state index contributed by atoms with van der Waals surface area (Å²) in [5.74, 6) is -0.0103. The lowest BCUT2D eigenvalue weighted by molar-refractivity contribution is -0.163. The molecule has 6 rings (SSSR count). The molecule has 1 saturated heterocycles. The lowest BCUT2D eigenvalue weighted by Crippen LogP contribution is -2.57. The van der Waals surface area contributed by atoms with E-state index in [-0.39, 0.29) is 30.3 Å². The van der Waals surface area contributed by atoms with Crippen LogP contribution in [0.15, 0.2) is 36.5 Å². The molecule has 2 saturated carbocycles. The fourth-order valence-electron chi connectivity index (χ4n) is 5.62. The molecular weight excluding hydrogens is 495 g/mol. The Labute approximate surface area is 217 Å². The zero-order valence-corrected chi connectivity index (χ0v) is 20.6. The van der Waals surface area contributed by atoms with Crippen molar-refractivity contribution in [2.24, 2.45) is 5.92 Å². The monoisotopic (exact) mass is 521 g/mol. The van der Waals surface area contributed by atoms with Gasteiger partial charge in [0.25, 0.3) is 0 Å². The minimum absolute atomic E-state index is 0.0635. The number of amides is 1. The van der Waals surface area contributed by atoms with E-state index in [0.29, 0.717) is 29.9 Å². The largest absolute Gasteiger partial charge is 0.493 e. The summed E-state index contributed by atoms with van der Waals surface area (Å²) in [6.45, 7) is 0.831. The number of carbonyl (C=O) groups is 1. The minimum atomic E-state index is -4.54. The van der Waals surface area contributed by atoms with Crippen molar-refractivity contribution >= 4 is 22.5 Å². The molecule has 3 aliphatic rings. The number of fused-ring (bicyclic) bond motifs is 1. The lowest BCUT2D eigenvalue weighted by atomic mass is 9.94. The molecule has 1 N–H and O–H groups in total. The van der Waals surface area contributed by atoms with Gasteiger partial charge in [-0.15, -0.1) is 0 Å². The third kappa shape index (κ3) is 4.62. The minimum Gasteiger partial charge on any atom is -0.493 e. The third-order valence-corrected chi connectivity index (χ3v) is 7.75. The molecule has 3 aromatic rings. The number of rotatable bonds is 5. The van der Waals surface area contributed by atoms with Gasteiger partial charge < -0.3 is 14.9 Å². The number of hydrogen-bond acceptors (Lipinski definition) is 6. The molecule has 0 bridgehead atoms. The SMILES string of the molecule is N#Cc1cc(-c2cccc3c(O)nccc23)c(C2CC2)nc1N1CCN(C(=O)CC(F)(F)F)C(C2CC2)C1. The number of anilines is 1. The summed E-state index contributed by atoms with van der Waals surface area (Å²) >= 11 is 0. The number of nitriles is 1. The molecule has 2 aromatic heterocycles.